The zero-order valence-corrected chi connectivity index (χ0v) is 27.0. The fourth-order valence-electron chi connectivity index (χ4n) is 5.95. The maximum atomic E-state index is 13.5. The van der Waals surface area contributed by atoms with Crippen molar-refractivity contribution in [2.75, 3.05) is 11.3 Å². The molecule has 0 saturated heterocycles. The summed E-state index contributed by atoms with van der Waals surface area (Å²) >= 11 is 0. The van der Waals surface area contributed by atoms with Crippen LogP contribution in [0.2, 0.25) is 0 Å². The summed E-state index contributed by atoms with van der Waals surface area (Å²) < 4.78 is 63.2. The lowest BCUT2D eigenvalue weighted by molar-refractivity contribution is -0.158. The number of aliphatic hydroxyl groups excluding tert-OH is 1. The third-order valence-corrected chi connectivity index (χ3v) is 11.4. The second-order valence-corrected chi connectivity index (χ2v) is 15.1. The Labute approximate surface area is 272 Å². The number of cyclic esters (lactones) is 1. The van der Waals surface area contributed by atoms with Crippen molar-refractivity contribution in [3.63, 3.8) is 0 Å². The number of ether oxygens (including phenoxy) is 1. The predicted molar refractivity (Wildman–Crippen MR) is 174 cm³/mol. The number of ketones is 1. The molecule has 1 fully saturated rings. The minimum Gasteiger partial charge on any atom is -0.504 e. The van der Waals surface area contributed by atoms with Crippen molar-refractivity contribution in [2.45, 2.75) is 48.0 Å². The van der Waals surface area contributed by atoms with Crippen LogP contribution >= 0.6 is 0 Å². The number of Topliss-reactive ketones (excluding diaryl/α,β-unsaturated/α-hetero) is 1. The van der Waals surface area contributed by atoms with Crippen molar-refractivity contribution < 1.29 is 36.3 Å². The Balaban J connectivity index is 1.25. The van der Waals surface area contributed by atoms with Gasteiger partial charge in [0.1, 0.15) is 4.90 Å². The smallest absolute Gasteiger partial charge is 0.339 e. The molecule has 4 aromatic rings. The Kier molecular flexibility index (Phi) is 8.88. The van der Waals surface area contributed by atoms with E-state index in [1.807, 2.05) is 0 Å². The Bertz CT molecular complexity index is 2090. The molecule has 1 aromatic heterocycles. The number of esters is 1. The Morgan fingerprint density at radius 3 is 2.36 bits per heavy atom. The summed E-state index contributed by atoms with van der Waals surface area (Å²) in [5.74, 6) is -3.96. The molecule has 0 radical (unpaired) electrons. The number of nitrogens with one attached hydrogen (secondary N) is 2. The van der Waals surface area contributed by atoms with Crippen molar-refractivity contribution in [3.05, 3.63) is 108 Å². The van der Waals surface area contributed by atoms with E-state index in [1.165, 1.54) is 24.4 Å². The molecule has 2 heterocycles. The van der Waals surface area contributed by atoms with Crippen LogP contribution in [0.25, 0.3) is 10.9 Å². The van der Waals surface area contributed by atoms with Gasteiger partial charge in [0.05, 0.1) is 16.0 Å². The maximum Gasteiger partial charge on any atom is 0.339 e. The first kappa shape index (κ1) is 32.4. The number of para-hydroxylation sites is 1. The van der Waals surface area contributed by atoms with Crippen LogP contribution in [-0.2, 0) is 34.4 Å². The van der Waals surface area contributed by atoms with Crippen molar-refractivity contribution in [2.24, 2.45) is 11.8 Å². The minimum absolute atomic E-state index is 0.00383. The molecule has 6 rings (SSSR count). The van der Waals surface area contributed by atoms with E-state index in [4.69, 9.17) is 4.74 Å². The number of carbonyl (C=O) groups is 2. The first-order valence-electron chi connectivity index (χ1n) is 15.2. The number of aliphatic hydroxyl groups is 1. The normalized spacial score (nSPS) is 18.5. The van der Waals surface area contributed by atoms with Crippen LogP contribution in [0.5, 0.6) is 0 Å². The number of carbonyl (C=O) groups excluding carboxylic acids is 2. The van der Waals surface area contributed by atoms with Gasteiger partial charge in [-0.2, -0.15) is 0 Å². The summed E-state index contributed by atoms with van der Waals surface area (Å²) in [6.45, 7) is 1.53. The van der Waals surface area contributed by atoms with Crippen molar-refractivity contribution in [1.82, 2.24) is 9.71 Å². The fourth-order valence-corrected chi connectivity index (χ4v) is 8.29. The molecule has 3 aromatic carbocycles. The highest BCUT2D eigenvalue weighted by atomic mass is 32.2. The highest BCUT2D eigenvalue weighted by Gasteiger charge is 2.47. The van der Waals surface area contributed by atoms with Gasteiger partial charge in [0, 0.05) is 35.7 Å². The SMILES string of the molecule is CCC(CNS(=O)(=O)c1ccccc1)C1OC(=O)C(C(c2cccc(NS(=O)(=O)c3cccc4cccnc34)c2)C2CC2)=C(O)C1=O. The van der Waals surface area contributed by atoms with Crippen LogP contribution in [0.4, 0.5) is 5.69 Å². The van der Waals surface area contributed by atoms with E-state index in [9.17, 15) is 31.5 Å². The lowest BCUT2D eigenvalue weighted by Gasteiger charge is -2.31. The summed E-state index contributed by atoms with van der Waals surface area (Å²) in [5.41, 5.74) is 0.884. The summed E-state index contributed by atoms with van der Waals surface area (Å²) in [6.07, 6.45) is 1.86. The molecule has 11 nitrogen and oxygen atoms in total. The third kappa shape index (κ3) is 6.64. The lowest BCUT2D eigenvalue weighted by atomic mass is 9.82. The lowest BCUT2D eigenvalue weighted by Crippen LogP contribution is -2.45. The van der Waals surface area contributed by atoms with Gasteiger partial charge in [0.25, 0.3) is 10.0 Å². The van der Waals surface area contributed by atoms with E-state index < -0.39 is 55.5 Å². The monoisotopic (exact) mass is 675 g/mol. The molecular weight excluding hydrogens is 643 g/mol. The second kappa shape index (κ2) is 12.9. The first-order valence-corrected chi connectivity index (χ1v) is 18.2. The predicted octanol–water partition coefficient (Wildman–Crippen LogP) is 4.84. The van der Waals surface area contributed by atoms with Crippen LogP contribution in [0, 0.1) is 11.8 Å². The molecule has 0 bridgehead atoms. The highest BCUT2D eigenvalue weighted by molar-refractivity contribution is 7.93. The zero-order valence-electron chi connectivity index (χ0n) is 25.4. The molecule has 2 aliphatic rings. The fraction of sp³-hybridized carbons (Fsp3) is 0.265. The molecular formula is C34H33N3O8S2. The molecule has 0 amide bonds. The average molecular weight is 676 g/mol. The number of hydrogen-bond acceptors (Lipinski definition) is 9. The molecule has 3 atom stereocenters. The van der Waals surface area contributed by atoms with Crippen LogP contribution in [-0.4, -0.2) is 51.3 Å². The van der Waals surface area contributed by atoms with E-state index in [0.717, 1.165) is 12.8 Å². The van der Waals surface area contributed by atoms with Crippen molar-refractivity contribution in [1.29, 1.82) is 0 Å². The number of pyridine rings is 1. The molecule has 1 aliphatic heterocycles. The summed E-state index contributed by atoms with van der Waals surface area (Å²) in [7, 11) is -7.95. The number of nitrogens with zero attached hydrogens (tertiary/aromatic N) is 1. The number of rotatable bonds is 12. The van der Waals surface area contributed by atoms with Crippen LogP contribution < -0.4 is 9.44 Å². The van der Waals surface area contributed by atoms with Gasteiger partial charge in [0.2, 0.25) is 15.8 Å². The van der Waals surface area contributed by atoms with Gasteiger partial charge >= 0.3 is 5.97 Å². The molecule has 13 heteroatoms. The molecule has 0 spiro atoms. The minimum atomic E-state index is -4.06. The third-order valence-electron chi connectivity index (χ3n) is 8.53. The quantitative estimate of drug-likeness (QED) is 0.178. The number of fused-ring (bicyclic) bond motifs is 1. The number of hydrogen-bond donors (Lipinski definition) is 3. The van der Waals surface area contributed by atoms with Crippen LogP contribution in [0.15, 0.2) is 112 Å². The van der Waals surface area contributed by atoms with E-state index in [0.29, 0.717) is 16.5 Å². The van der Waals surface area contributed by atoms with Gasteiger partial charge in [0.15, 0.2) is 11.9 Å². The molecule has 1 aliphatic carbocycles. The van der Waals surface area contributed by atoms with Gasteiger partial charge in [-0.1, -0.05) is 55.5 Å². The molecule has 3 N–H and O–H groups in total. The molecule has 1 saturated carbocycles. The van der Waals surface area contributed by atoms with Crippen molar-refractivity contribution >= 4 is 48.4 Å². The Morgan fingerprint density at radius 1 is 0.915 bits per heavy atom. The van der Waals surface area contributed by atoms with E-state index >= 15 is 0 Å². The molecule has 3 unspecified atom stereocenters. The Hall–Kier alpha value is -4.59. The standard InChI is InChI=1S/C34H33N3O8S2/c1-2-21(20-36-46(41,42)26-13-4-3-5-14-26)33-32(39)31(38)29(34(40)45-33)28(22-16-17-22)24-10-6-12-25(19-24)37-47(43,44)27-15-7-9-23-11-8-18-35-30(23)27/h3-15,18-19,21-22,28,33,36-38H,2,16-17,20H2,1H3. The van der Waals surface area contributed by atoms with Gasteiger partial charge in [-0.15, -0.1) is 0 Å². The van der Waals surface area contributed by atoms with E-state index in [1.54, 1.807) is 73.7 Å². The summed E-state index contributed by atoms with van der Waals surface area (Å²) in [5, 5.41) is 11.9. The first-order chi connectivity index (χ1) is 22.5. The summed E-state index contributed by atoms with van der Waals surface area (Å²) in [4.78, 5) is 31.3. The largest absolute Gasteiger partial charge is 0.504 e. The second-order valence-electron chi connectivity index (χ2n) is 11.7. The van der Waals surface area contributed by atoms with E-state index in [2.05, 4.69) is 14.4 Å². The average Bonchev–Trinajstić information content (AvgIpc) is 3.91. The van der Waals surface area contributed by atoms with Gasteiger partial charge in [-0.25, -0.2) is 26.4 Å². The molecule has 244 valence electrons. The Morgan fingerprint density at radius 2 is 1.64 bits per heavy atom. The zero-order chi connectivity index (χ0) is 33.3. The van der Waals surface area contributed by atoms with Crippen LogP contribution in [0.3, 0.4) is 0 Å². The number of benzene rings is 3. The van der Waals surface area contributed by atoms with Gasteiger partial charge in [-0.05, 0) is 67.1 Å². The number of sulfonamides is 2. The van der Waals surface area contributed by atoms with Crippen molar-refractivity contribution in [3.8, 4) is 0 Å². The number of aromatic nitrogens is 1. The van der Waals surface area contributed by atoms with Crippen LogP contribution in [0.1, 0.15) is 37.7 Å². The maximum absolute atomic E-state index is 13.5. The summed E-state index contributed by atoms with van der Waals surface area (Å²) in [6, 6.07) is 22.6. The molecule has 47 heavy (non-hydrogen) atoms. The van der Waals surface area contributed by atoms with E-state index in [-0.39, 0.29) is 39.9 Å². The van der Waals surface area contributed by atoms with Gasteiger partial charge < -0.3 is 9.84 Å². The topological polar surface area (TPSA) is 169 Å². The van der Waals surface area contributed by atoms with Gasteiger partial charge in [-0.3, -0.25) is 14.5 Å². The number of anilines is 1. The highest BCUT2D eigenvalue weighted by Crippen LogP contribution is 2.49.